The summed E-state index contributed by atoms with van der Waals surface area (Å²) in [6, 6.07) is 5.27. The molecule has 3 N–H and O–H groups in total. The van der Waals surface area contributed by atoms with Crippen molar-refractivity contribution in [3.63, 3.8) is 0 Å². The number of phenolic OH excluding ortho intramolecular Hbond substituents is 1. The third-order valence-electron chi connectivity index (χ3n) is 1.92. The summed E-state index contributed by atoms with van der Waals surface area (Å²) in [6.45, 7) is 7.95. The zero-order valence-electron chi connectivity index (χ0n) is 9.33. The van der Waals surface area contributed by atoms with E-state index in [-0.39, 0.29) is 5.75 Å². The first-order valence-corrected chi connectivity index (χ1v) is 4.87. The molecule has 78 valence electrons. The highest BCUT2D eigenvalue weighted by molar-refractivity contribution is 5.68. The average molecular weight is 193 g/mol. The molecule has 0 fully saturated rings. The highest BCUT2D eigenvalue weighted by Gasteiger charge is 1.99. The van der Waals surface area contributed by atoms with Crippen LogP contribution in [0.15, 0.2) is 24.3 Å². The molecule has 0 saturated heterocycles. The van der Waals surface area contributed by atoms with Crippen molar-refractivity contribution < 1.29 is 5.11 Å². The lowest BCUT2D eigenvalue weighted by molar-refractivity contribution is 0.478. The molecule has 0 heterocycles. The molecule has 1 aromatic rings. The van der Waals surface area contributed by atoms with Crippen LogP contribution in [0.1, 0.15) is 33.3 Å². The van der Waals surface area contributed by atoms with E-state index in [1.807, 2.05) is 39.8 Å². The largest absolute Gasteiger partial charge is 0.506 e. The molecule has 2 heteroatoms. The predicted molar refractivity (Wildman–Crippen MR) is 63.2 cm³/mol. The highest BCUT2D eigenvalue weighted by atomic mass is 16.3. The van der Waals surface area contributed by atoms with Crippen LogP contribution in [0.3, 0.4) is 0 Å². The van der Waals surface area contributed by atoms with Crippen LogP contribution in [0.2, 0.25) is 0 Å². The monoisotopic (exact) mass is 193 g/mol. The van der Waals surface area contributed by atoms with Crippen LogP contribution in [0.4, 0.5) is 5.69 Å². The third kappa shape index (κ3) is 3.13. The number of aromatic hydroxyl groups is 1. The van der Waals surface area contributed by atoms with Crippen LogP contribution in [0, 0.1) is 0 Å². The molecule has 0 unspecified atom stereocenters. The molecule has 14 heavy (non-hydrogen) atoms. The van der Waals surface area contributed by atoms with Gasteiger partial charge < -0.3 is 10.8 Å². The number of phenols is 1. The first kappa shape index (κ1) is 12.6. The number of anilines is 1. The van der Waals surface area contributed by atoms with Crippen molar-refractivity contribution in [3.8, 4) is 5.75 Å². The topological polar surface area (TPSA) is 46.2 Å². The van der Waals surface area contributed by atoms with Gasteiger partial charge in [-0.15, -0.1) is 0 Å². The van der Waals surface area contributed by atoms with Gasteiger partial charge in [0.25, 0.3) is 0 Å². The van der Waals surface area contributed by atoms with Gasteiger partial charge in [-0.2, -0.15) is 0 Å². The van der Waals surface area contributed by atoms with E-state index in [1.165, 1.54) is 0 Å². The molecule has 0 atom stereocenters. The van der Waals surface area contributed by atoms with Crippen LogP contribution in [-0.4, -0.2) is 5.11 Å². The first-order chi connectivity index (χ1) is 6.65. The molecule has 0 radical (unpaired) electrons. The van der Waals surface area contributed by atoms with Crippen LogP contribution in [0.25, 0.3) is 5.57 Å². The zero-order chi connectivity index (χ0) is 11.1. The van der Waals surface area contributed by atoms with E-state index in [4.69, 9.17) is 5.73 Å². The van der Waals surface area contributed by atoms with Crippen molar-refractivity contribution in [1.29, 1.82) is 0 Å². The van der Waals surface area contributed by atoms with Gasteiger partial charge in [0.05, 0.1) is 5.69 Å². The summed E-state index contributed by atoms with van der Waals surface area (Å²) in [5.74, 6) is 0.147. The van der Waals surface area contributed by atoms with Gasteiger partial charge in [0.15, 0.2) is 0 Å². The Hall–Kier alpha value is -1.44. The Balaban J connectivity index is 0.000000791. The second kappa shape index (κ2) is 6.08. The number of benzene rings is 1. The molecule has 0 aliphatic heterocycles. The second-order valence-corrected chi connectivity index (χ2v) is 2.75. The predicted octanol–water partition coefficient (Wildman–Crippen LogP) is 3.42. The van der Waals surface area contributed by atoms with E-state index in [2.05, 4.69) is 0 Å². The summed E-state index contributed by atoms with van der Waals surface area (Å²) in [4.78, 5) is 0. The van der Waals surface area contributed by atoms with Crippen LogP contribution >= 0.6 is 0 Å². The van der Waals surface area contributed by atoms with Gasteiger partial charge >= 0.3 is 0 Å². The van der Waals surface area contributed by atoms with Crippen molar-refractivity contribution in [2.75, 3.05) is 5.73 Å². The summed E-state index contributed by atoms with van der Waals surface area (Å²) >= 11 is 0. The van der Waals surface area contributed by atoms with Gasteiger partial charge in [0, 0.05) is 0 Å². The number of rotatable bonds is 1. The van der Waals surface area contributed by atoms with Crippen molar-refractivity contribution in [3.05, 3.63) is 29.8 Å². The third-order valence-corrected chi connectivity index (χ3v) is 1.92. The number of nitrogen functional groups attached to an aromatic ring is 1. The Labute approximate surface area is 86.1 Å². The van der Waals surface area contributed by atoms with E-state index < -0.39 is 0 Å². The Morgan fingerprint density at radius 2 is 1.93 bits per heavy atom. The molecule has 0 saturated carbocycles. The number of hydrogen-bond donors (Lipinski definition) is 2. The van der Waals surface area contributed by atoms with Gasteiger partial charge in [-0.3, -0.25) is 0 Å². The smallest absolute Gasteiger partial charge is 0.139 e. The maximum absolute atomic E-state index is 9.29. The Bertz CT molecular complexity index is 316. The van der Waals surface area contributed by atoms with Crippen molar-refractivity contribution in [2.24, 2.45) is 0 Å². The maximum atomic E-state index is 9.29. The molecule has 1 rings (SSSR count). The minimum absolute atomic E-state index is 0.147. The second-order valence-electron chi connectivity index (χ2n) is 2.75. The standard InChI is InChI=1S/C10H13NO.C2H6/c1-3-7(2)8-4-5-9(11)10(12)6-8;1-2/h3-6,12H,11H2,1-2H3;1-2H3/b7-3+;. The number of hydrogen-bond acceptors (Lipinski definition) is 2. The summed E-state index contributed by atoms with van der Waals surface area (Å²) in [6.07, 6.45) is 1.99. The first-order valence-electron chi connectivity index (χ1n) is 4.87. The average Bonchev–Trinajstić information content (AvgIpc) is 2.24. The Morgan fingerprint density at radius 1 is 1.36 bits per heavy atom. The number of nitrogens with two attached hydrogens (primary N) is 1. The van der Waals surface area contributed by atoms with E-state index >= 15 is 0 Å². The van der Waals surface area contributed by atoms with Gasteiger partial charge in [0.2, 0.25) is 0 Å². The van der Waals surface area contributed by atoms with Gasteiger partial charge in [0.1, 0.15) is 5.75 Å². The minimum Gasteiger partial charge on any atom is -0.506 e. The van der Waals surface area contributed by atoms with Crippen molar-refractivity contribution in [1.82, 2.24) is 0 Å². The van der Waals surface area contributed by atoms with E-state index in [1.54, 1.807) is 12.1 Å². The fraction of sp³-hybridized carbons (Fsp3) is 0.333. The van der Waals surface area contributed by atoms with Crippen molar-refractivity contribution >= 4 is 11.3 Å². The molecule has 0 amide bonds. The summed E-state index contributed by atoms with van der Waals surface area (Å²) in [7, 11) is 0. The zero-order valence-corrected chi connectivity index (χ0v) is 9.33. The SMILES string of the molecule is C/C=C(\C)c1ccc(N)c(O)c1.CC. The van der Waals surface area contributed by atoms with Gasteiger partial charge in [-0.25, -0.2) is 0 Å². The van der Waals surface area contributed by atoms with Gasteiger partial charge in [-0.05, 0) is 37.1 Å². The minimum atomic E-state index is 0.147. The molecule has 0 bridgehead atoms. The molecule has 0 aliphatic rings. The Morgan fingerprint density at radius 3 is 2.36 bits per heavy atom. The lowest BCUT2D eigenvalue weighted by Crippen LogP contribution is -1.86. The number of allylic oxidation sites excluding steroid dienone is 2. The quantitative estimate of drug-likeness (QED) is 0.530. The summed E-state index contributed by atoms with van der Waals surface area (Å²) < 4.78 is 0. The van der Waals surface area contributed by atoms with E-state index in [9.17, 15) is 5.11 Å². The molecule has 0 aliphatic carbocycles. The molecular weight excluding hydrogens is 174 g/mol. The van der Waals surface area contributed by atoms with Crippen LogP contribution in [-0.2, 0) is 0 Å². The van der Waals surface area contributed by atoms with E-state index in [0.29, 0.717) is 5.69 Å². The molecule has 1 aromatic carbocycles. The Kier molecular flexibility index (Phi) is 5.46. The molecule has 0 spiro atoms. The fourth-order valence-electron chi connectivity index (χ4n) is 0.956. The molecule has 2 nitrogen and oxygen atoms in total. The summed E-state index contributed by atoms with van der Waals surface area (Å²) in [5.41, 5.74) is 8.01. The summed E-state index contributed by atoms with van der Waals surface area (Å²) in [5, 5.41) is 9.29. The fourth-order valence-corrected chi connectivity index (χ4v) is 0.956. The molecule has 0 aromatic heterocycles. The van der Waals surface area contributed by atoms with Gasteiger partial charge in [-0.1, -0.05) is 26.0 Å². The van der Waals surface area contributed by atoms with E-state index in [0.717, 1.165) is 11.1 Å². The normalized spacial score (nSPS) is 10.4. The maximum Gasteiger partial charge on any atom is 0.139 e. The van der Waals surface area contributed by atoms with Crippen LogP contribution < -0.4 is 5.73 Å². The lowest BCUT2D eigenvalue weighted by atomic mass is 10.1. The van der Waals surface area contributed by atoms with Crippen LogP contribution in [0.5, 0.6) is 5.75 Å². The molecular formula is C12H19NO. The lowest BCUT2D eigenvalue weighted by Gasteiger charge is -2.03. The highest BCUT2D eigenvalue weighted by Crippen LogP contribution is 2.24. The van der Waals surface area contributed by atoms with Crippen molar-refractivity contribution in [2.45, 2.75) is 27.7 Å².